The number of unbranched alkanes of at least 4 members (excludes halogenated alkanes) is 4. The van der Waals surface area contributed by atoms with Crippen LogP contribution in [0.2, 0.25) is 0 Å². The Morgan fingerprint density at radius 2 is 1.50 bits per heavy atom. The van der Waals surface area contributed by atoms with Gasteiger partial charge in [0, 0.05) is 5.56 Å². The largest absolute Gasteiger partial charge is 0.206 e. The lowest BCUT2D eigenvalue weighted by molar-refractivity contribution is 0.614. The second-order valence-electron chi connectivity index (χ2n) is 6.60. The monoisotopic (exact) mass is 352 g/mol. The van der Waals surface area contributed by atoms with Gasteiger partial charge < -0.3 is 0 Å². The average Bonchev–Trinajstić information content (AvgIpc) is 2.67. The van der Waals surface area contributed by atoms with Gasteiger partial charge in [-0.05, 0) is 42.0 Å². The van der Waals surface area contributed by atoms with Crippen molar-refractivity contribution in [3.8, 4) is 0 Å². The number of nitrogens with zero attached hydrogens (tertiary/aromatic N) is 2. The van der Waals surface area contributed by atoms with Gasteiger partial charge in [0.2, 0.25) is 0 Å². The molecule has 2 aromatic carbocycles. The van der Waals surface area contributed by atoms with Gasteiger partial charge in [-0.25, -0.2) is 4.39 Å². The minimum Gasteiger partial charge on any atom is -0.206 e. The Bertz CT molecular complexity index is 717. The van der Waals surface area contributed by atoms with Gasteiger partial charge in [-0.3, -0.25) is 0 Å². The summed E-state index contributed by atoms with van der Waals surface area (Å²) < 4.78 is 14.2. The first-order chi connectivity index (χ1) is 12.7. The van der Waals surface area contributed by atoms with Gasteiger partial charge in [-0.2, -0.15) is 10.2 Å². The molecule has 3 heteroatoms. The van der Waals surface area contributed by atoms with Crippen LogP contribution in [0.15, 0.2) is 52.7 Å². The molecule has 0 amide bonds. The molecule has 0 aliphatic carbocycles. The molecular weight excluding hydrogens is 323 g/mol. The third-order valence-electron chi connectivity index (χ3n) is 4.49. The summed E-state index contributed by atoms with van der Waals surface area (Å²) in [7, 11) is 0. The Morgan fingerprint density at radius 3 is 2.19 bits per heavy atom. The van der Waals surface area contributed by atoms with Crippen molar-refractivity contribution in [2.45, 2.75) is 58.8 Å². The summed E-state index contributed by atoms with van der Waals surface area (Å²) >= 11 is 0. The predicted molar refractivity (Wildman–Crippen MR) is 110 cm³/mol. The molecule has 0 saturated heterocycles. The lowest BCUT2D eigenvalue weighted by atomic mass is 10.0. The smallest absolute Gasteiger partial charge is 0.132 e. The Kier molecular flexibility index (Phi) is 8.74. The maximum atomic E-state index is 14.2. The molecule has 138 valence electrons. The van der Waals surface area contributed by atoms with E-state index in [1.165, 1.54) is 37.5 Å². The van der Waals surface area contributed by atoms with Crippen molar-refractivity contribution in [1.29, 1.82) is 0 Å². The van der Waals surface area contributed by atoms with Gasteiger partial charge >= 0.3 is 0 Å². The Labute approximate surface area is 156 Å². The predicted octanol–water partition coefficient (Wildman–Crippen LogP) is 6.35. The molecule has 0 aliphatic heterocycles. The number of hydrogen-bond donors (Lipinski definition) is 0. The number of halogens is 1. The summed E-state index contributed by atoms with van der Waals surface area (Å²) in [6.45, 7) is 4.33. The van der Waals surface area contributed by atoms with E-state index in [0.29, 0.717) is 5.56 Å². The second-order valence-corrected chi connectivity index (χ2v) is 6.60. The topological polar surface area (TPSA) is 24.7 Å². The molecule has 0 aliphatic rings. The first-order valence-corrected chi connectivity index (χ1v) is 9.66. The minimum absolute atomic E-state index is 0.234. The third-order valence-corrected chi connectivity index (χ3v) is 4.49. The van der Waals surface area contributed by atoms with Crippen molar-refractivity contribution < 1.29 is 4.39 Å². The fourth-order valence-electron chi connectivity index (χ4n) is 2.80. The molecule has 2 rings (SSSR count). The van der Waals surface area contributed by atoms with E-state index in [4.69, 9.17) is 0 Å². The van der Waals surface area contributed by atoms with E-state index in [-0.39, 0.29) is 5.82 Å². The van der Waals surface area contributed by atoms with Gasteiger partial charge in [0.25, 0.3) is 0 Å². The molecule has 26 heavy (non-hydrogen) atoms. The Balaban J connectivity index is 1.86. The third kappa shape index (κ3) is 6.91. The van der Waals surface area contributed by atoms with Crippen LogP contribution in [0.5, 0.6) is 0 Å². The van der Waals surface area contributed by atoms with Gasteiger partial charge in [-0.1, -0.05) is 75.9 Å². The maximum absolute atomic E-state index is 14.2. The Hall–Kier alpha value is -2.29. The lowest BCUT2D eigenvalue weighted by Crippen LogP contribution is -1.93. The van der Waals surface area contributed by atoms with Crippen LogP contribution in [0.25, 0.3) is 0 Å². The number of aryl methyl sites for hydroxylation is 2. The van der Waals surface area contributed by atoms with Crippen LogP contribution < -0.4 is 0 Å². The lowest BCUT2D eigenvalue weighted by Gasteiger charge is -2.03. The van der Waals surface area contributed by atoms with Crippen molar-refractivity contribution in [2.75, 3.05) is 0 Å². The SMILES string of the molecule is CCCCCCCc1ccc(/C=N/N=C/c2ccc(CC)cc2)c(F)c1. The van der Waals surface area contributed by atoms with Crippen LogP contribution >= 0.6 is 0 Å². The van der Waals surface area contributed by atoms with Crippen molar-refractivity contribution >= 4 is 12.4 Å². The zero-order chi connectivity index (χ0) is 18.6. The summed E-state index contributed by atoms with van der Waals surface area (Å²) in [5, 5.41) is 7.98. The van der Waals surface area contributed by atoms with E-state index in [9.17, 15) is 4.39 Å². The number of rotatable bonds is 10. The molecule has 0 fully saturated rings. The highest BCUT2D eigenvalue weighted by Crippen LogP contribution is 2.13. The molecule has 0 unspecified atom stereocenters. The van der Waals surface area contributed by atoms with Crippen LogP contribution in [0, 0.1) is 5.82 Å². The summed E-state index contributed by atoms with van der Waals surface area (Å²) in [6, 6.07) is 13.6. The van der Waals surface area contributed by atoms with E-state index in [0.717, 1.165) is 30.4 Å². The van der Waals surface area contributed by atoms with Crippen LogP contribution in [0.1, 0.15) is 68.2 Å². The zero-order valence-electron chi connectivity index (χ0n) is 15.9. The normalized spacial score (nSPS) is 11.7. The van der Waals surface area contributed by atoms with Crippen LogP contribution in [-0.4, -0.2) is 12.4 Å². The summed E-state index contributed by atoms with van der Waals surface area (Å²) in [5.74, 6) is -0.234. The van der Waals surface area contributed by atoms with E-state index in [1.807, 2.05) is 18.2 Å². The zero-order valence-corrected chi connectivity index (χ0v) is 15.9. The van der Waals surface area contributed by atoms with E-state index >= 15 is 0 Å². The van der Waals surface area contributed by atoms with Gasteiger partial charge in [-0.15, -0.1) is 0 Å². The number of hydrogen-bond acceptors (Lipinski definition) is 2. The standard InChI is InChI=1S/C23H29FN2/c1-3-5-6-7-8-9-20-14-15-22(23(24)16-20)18-26-25-17-21-12-10-19(4-2)11-13-21/h10-18H,3-9H2,1-2H3/b25-17+,26-18+. The first-order valence-electron chi connectivity index (χ1n) is 9.66. The van der Waals surface area contributed by atoms with E-state index in [2.05, 4.69) is 36.2 Å². The molecule has 0 bridgehead atoms. The summed E-state index contributed by atoms with van der Waals surface area (Å²) in [4.78, 5) is 0. The fourth-order valence-corrected chi connectivity index (χ4v) is 2.80. The molecule has 0 heterocycles. The number of benzene rings is 2. The molecule has 0 spiro atoms. The van der Waals surface area contributed by atoms with Crippen molar-refractivity contribution in [2.24, 2.45) is 10.2 Å². The molecule has 0 N–H and O–H groups in total. The van der Waals surface area contributed by atoms with Crippen LogP contribution in [-0.2, 0) is 12.8 Å². The fraction of sp³-hybridized carbons (Fsp3) is 0.391. The van der Waals surface area contributed by atoms with Crippen molar-refractivity contribution in [3.05, 3.63) is 70.5 Å². The van der Waals surface area contributed by atoms with Crippen molar-refractivity contribution in [1.82, 2.24) is 0 Å². The highest BCUT2D eigenvalue weighted by atomic mass is 19.1. The van der Waals surface area contributed by atoms with Crippen molar-refractivity contribution in [3.63, 3.8) is 0 Å². The molecule has 2 nitrogen and oxygen atoms in total. The van der Waals surface area contributed by atoms with Crippen LogP contribution in [0.3, 0.4) is 0 Å². The molecular formula is C23H29FN2. The summed E-state index contributed by atoms with van der Waals surface area (Å²) in [5.41, 5.74) is 3.80. The van der Waals surface area contributed by atoms with Gasteiger partial charge in [0.05, 0.1) is 12.4 Å². The highest BCUT2D eigenvalue weighted by Gasteiger charge is 2.02. The molecule has 2 aromatic rings. The molecule has 0 saturated carbocycles. The van der Waals surface area contributed by atoms with E-state index < -0.39 is 0 Å². The molecule has 0 aromatic heterocycles. The molecule has 0 atom stereocenters. The Morgan fingerprint density at radius 1 is 0.808 bits per heavy atom. The average molecular weight is 352 g/mol. The maximum Gasteiger partial charge on any atom is 0.132 e. The minimum atomic E-state index is -0.234. The molecule has 0 radical (unpaired) electrons. The summed E-state index contributed by atoms with van der Waals surface area (Å²) in [6.07, 6.45) is 11.2. The second kappa shape index (κ2) is 11.3. The van der Waals surface area contributed by atoms with Gasteiger partial charge in [0.15, 0.2) is 0 Å². The first kappa shape index (κ1) is 20.0. The highest BCUT2D eigenvalue weighted by molar-refractivity contribution is 5.82. The van der Waals surface area contributed by atoms with Gasteiger partial charge in [0.1, 0.15) is 5.82 Å². The quantitative estimate of drug-likeness (QED) is 0.270. The van der Waals surface area contributed by atoms with Crippen LogP contribution in [0.4, 0.5) is 4.39 Å². The van der Waals surface area contributed by atoms with E-state index in [1.54, 1.807) is 18.3 Å².